The van der Waals surface area contributed by atoms with Gasteiger partial charge in [-0.1, -0.05) is 28.8 Å². The molecule has 0 bridgehead atoms. The van der Waals surface area contributed by atoms with Crippen LogP contribution in [0.2, 0.25) is 0 Å². The molecule has 0 unspecified atom stereocenters. The maximum atomic E-state index is 3.72. The van der Waals surface area contributed by atoms with E-state index in [1.165, 1.54) is 37.1 Å². The highest BCUT2D eigenvalue weighted by atomic mass is 79.9. The van der Waals surface area contributed by atoms with Gasteiger partial charge < -0.3 is 10.6 Å². The van der Waals surface area contributed by atoms with Crippen LogP contribution in [0.1, 0.15) is 25.7 Å². The van der Waals surface area contributed by atoms with E-state index in [9.17, 15) is 0 Å². The van der Waals surface area contributed by atoms with E-state index in [1.54, 1.807) is 0 Å². The van der Waals surface area contributed by atoms with Crippen molar-refractivity contribution in [3.05, 3.63) is 22.7 Å². The van der Waals surface area contributed by atoms with E-state index in [1.807, 2.05) is 0 Å². The second-order valence-corrected chi connectivity index (χ2v) is 5.57. The molecule has 1 heterocycles. The summed E-state index contributed by atoms with van der Waals surface area (Å²) in [6.07, 6.45) is 5.31. The SMILES string of the molecule is Brc1ccc2c(c1)NC1(CCCC1)CN2. The first-order valence-electron chi connectivity index (χ1n) is 5.59. The molecule has 0 atom stereocenters. The van der Waals surface area contributed by atoms with Gasteiger partial charge in [-0.25, -0.2) is 0 Å². The van der Waals surface area contributed by atoms with E-state index in [0.29, 0.717) is 5.54 Å². The van der Waals surface area contributed by atoms with E-state index in [0.717, 1.165) is 11.0 Å². The van der Waals surface area contributed by atoms with Crippen LogP contribution in [0.15, 0.2) is 22.7 Å². The van der Waals surface area contributed by atoms with Crippen LogP contribution in [0.25, 0.3) is 0 Å². The van der Waals surface area contributed by atoms with Gasteiger partial charge >= 0.3 is 0 Å². The Labute approximate surface area is 98.6 Å². The van der Waals surface area contributed by atoms with Crippen LogP contribution >= 0.6 is 15.9 Å². The van der Waals surface area contributed by atoms with Crippen molar-refractivity contribution >= 4 is 27.3 Å². The standard InChI is InChI=1S/C12H15BrN2/c13-9-3-4-10-11(7-9)15-12(8-14-10)5-1-2-6-12/h3-4,7,14-15H,1-2,5-6,8H2. The minimum absolute atomic E-state index is 0.327. The van der Waals surface area contributed by atoms with Crippen LogP contribution in [0, 0.1) is 0 Å². The molecule has 1 aliphatic carbocycles. The molecule has 1 aromatic rings. The lowest BCUT2D eigenvalue weighted by Gasteiger charge is -2.37. The maximum absolute atomic E-state index is 3.72. The summed E-state index contributed by atoms with van der Waals surface area (Å²) in [5.74, 6) is 0. The van der Waals surface area contributed by atoms with Gasteiger partial charge in [-0.05, 0) is 31.0 Å². The van der Waals surface area contributed by atoms with Gasteiger partial charge in [-0.2, -0.15) is 0 Å². The third-order valence-corrected chi connectivity index (χ3v) is 4.05. The minimum atomic E-state index is 0.327. The Morgan fingerprint density at radius 2 is 1.93 bits per heavy atom. The lowest BCUT2D eigenvalue weighted by Crippen LogP contribution is -2.45. The Balaban J connectivity index is 1.94. The van der Waals surface area contributed by atoms with Crippen LogP contribution in [0.3, 0.4) is 0 Å². The predicted octanol–water partition coefficient (Wildman–Crippen LogP) is 3.60. The third-order valence-electron chi connectivity index (χ3n) is 3.56. The molecular formula is C12H15BrN2. The second kappa shape index (κ2) is 3.41. The molecule has 15 heavy (non-hydrogen) atoms. The van der Waals surface area contributed by atoms with Gasteiger partial charge in [0.2, 0.25) is 0 Å². The number of halogens is 1. The number of benzene rings is 1. The van der Waals surface area contributed by atoms with Gasteiger partial charge in [-0.3, -0.25) is 0 Å². The van der Waals surface area contributed by atoms with E-state index in [2.05, 4.69) is 44.8 Å². The highest BCUT2D eigenvalue weighted by molar-refractivity contribution is 9.10. The van der Waals surface area contributed by atoms with E-state index in [4.69, 9.17) is 0 Å². The molecule has 3 heteroatoms. The van der Waals surface area contributed by atoms with Crippen molar-refractivity contribution in [1.82, 2.24) is 0 Å². The number of fused-ring (bicyclic) bond motifs is 1. The fourth-order valence-electron chi connectivity index (χ4n) is 2.72. The quantitative estimate of drug-likeness (QED) is 0.750. The predicted molar refractivity (Wildman–Crippen MR) is 67.5 cm³/mol. The van der Waals surface area contributed by atoms with Crippen LogP contribution in [-0.2, 0) is 0 Å². The molecule has 1 aliphatic heterocycles. The molecular weight excluding hydrogens is 252 g/mol. The zero-order valence-electron chi connectivity index (χ0n) is 8.65. The third kappa shape index (κ3) is 1.63. The average Bonchev–Trinajstić information content (AvgIpc) is 2.66. The molecule has 1 fully saturated rings. The van der Waals surface area contributed by atoms with E-state index < -0.39 is 0 Å². The summed E-state index contributed by atoms with van der Waals surface area (Å²) in [6.45, 7) is 1.07. The van der Waals surface area contributed by atoms with Gasteiger partial charge in [0.05, 0.1) is 16.9 Å². The van der Waals surface area contributed by atoms with Crippen molar-refractivity contribution < 1.29 is 0 Å². The molecule has 1 saturated carbocycles. The summed E-state index contributed by atoms with van der Waals surface area (Å²) >= 11 is 3.52. The minimum Gasteiger partial charge on any atom is -0.381 e. The zero-order valence-corrected chi connectivity index (χ0v) is 10.2. The largest absolute Gasteiger partial charge is 0.381 e. The van der Waals surface area contributed by atoms with Gasteiger partial charge in [0, 0.05) is 11.0 Å². The molecule has 80 valence electrons. The van der Waals surface area contributed by atoms with E-state index >= 15 is 0 Å². The first kappa shape index (κ1) is 9.52. The van der Waals surface area contributed by atoms with Crippen LogP contribution in [0.4, 0.5) is 11.4 Å². The monoisotopic (exact) mass is 266 g/mol. The van der Waals surface area contributed by atoms with E-state index in [-0.39, 0.29) is 0 Å². The topological polar surface area (TPSA) is 24.1 Å². The van der Waals surface area contributed by atoms with Crippen molar-refractivity contribution in [2.75, 3.05) is 17.2 Å². The summed E-state index contributed by atoms with van der Waals surface area (Å²) in [5.41, 5.74) is 2.81. The molecule has 1 spiro atoms. The van der Waals surface area contributed by atoms with Crippen molar-refractivity contribution in [2.24, 2.45) is 0 Å². The smallest absolute Gasteiger partial charge is 0.0592 e. The summed E-state index contributed by atoms with van der Waals surface area (Å²) < 4.78 is 1.14. The van der Waals surface area contributed by atoms with Crippen molar-refractivity contribution in [3.8, 4) is 0 Å². The molecule has 0 aromatic heterocycles. The maximum Gasteiger partial charge on any atom is 0.0592 e. The summed E-state index contributed by atoms with van der Waals surface area (Å²) in [5, 5.41) is 7.26. The summed E-state index contributed by atoms with van der Waals surface area (Å²) in [7, 11) is 0. The second-order valence-electron chi connectivity index (χ2n) is 4.66. The highest BCUT2D eigenvalue weighted by Crippen LogP contribution is 2.39. The van der Waals surface area contributed by atoms with Crippen LogP contribution < -0.4 is 10.6 Å². The first-order valence-corrected chi connectivity index (χ1v) is 6.38. The molecule has 0 amide bonds. The van der Waals surface area contributed by atoms with Crippen LogP contribution in [0.5, 0.6) is 0 Å². The van der Waals surface area contributed by atoms with Gasteiger partial charge in [-0.15, -0.1) is 0 Å². The number of anilines is 2. The summed E-state index contributed by atoms with van der Waals surface area (Å²) in [6, 6.07) is 6.38. The fourth-order valence-corrected chi connectivity index (χ4v) is 3.08. The molecule has 2 nitrogen and oxygen atoms in total. The number of rotatable bonds is 0. The molecule has 1 aromatic carbocycles. The van der Waals surface area contributed by atoms with Crippen LogP contribution in [-0.4, -0.2) is 12.1 Å². The zero-order chi connectivity index (χ0) is 10.3. The lowest BCUT2D eigenvalue weighted by molar-refractivity contribution is 0.500. The normalized spacial score (nSPS) is 21.9. The summed E-state index contributed by atoms with van der Waals surface area (Å²) in [4.78, 5) is 0. The van der Waals surface area contributed by atoms with Crippen molar-refractivity contribution in [1.29, 1.82) is 0 Å². The Hall–Kier alpha value is -0.700. The highest BCUT2D eigenvalue weighted by Gasteiger charge is 2.36. The number of hydrogen-bond acceptors (Lipinski definition) is 2. The number of hydrogen-bond donors (Lipinski definition) is 2. The molecule has 3 rings (SSSR count). The fraction of sp³-hybridized carbons (Fsp3) is 0.500. The van der Waals surface area contributed by atoms with Crippen molar-refractivity contribution in [3.63, 3.8) is 0 Å². The molecule has 0 radical (unpaired) electrons. The number of nitrogens with one attached hydrogen (secondary N) is 2. The Kier molecular flexibility index (Phi) is 2.16. The Morgan fingerprint density at radius 1 is 1.13 bits per heavy atom. The first-order chi connectivity index (χ1) is 7.27. The van der Waals surface area contributed by atoms with Crippen molar-refractivity contribution in [2.45, 2.75) is 31.2 Å². The molecule has 2 aliphatic rings. The van der Waals surface area contributed by atoms with Gasteiger partial charge in [0.15, 0.2) is 0 Å². The molecule has 2 N–H and O–H groups in total. The Morgan fingerprint density at radius 3 is 2.73 bits per heavy atom. The lowest BCUT2D eigenvalue weighted by atomic mass is 9.94. The van der Waals surface area contributed by atoms with Gasteiger partial charge in [0.1, 0.15) is 0 Å². The average molecular weight is 267 g/mol. The molecule has 0 saturated heterocycles. The Bertz CT molecular complexity index is 383. The van der Waals surface area contributed by atoms with Gasteiger partial charge in [0.25, 0.3) is 0 Å².